The van der Waals surface area contributed by atoms with Crippen LogP contribution in [0.15, 0.2) is 48.5 Å². The van der Waals surface area contributed by atoms with Crippen LogP contribution in [0.5, 0.6) is 11.5 Å². The first-order chi connectivity index (χ1) is 15.8. The standard InChI is InChI=1S/C23H28N6O3/c1-30-14-13-29-23(24-25-26-29)22(19-5-3-2-4-6-19)28-11-9-27(10-12-28)16-18-7-8-20-21(15-18)32-17-31-20/h2-8,15,22H,9-14,16-17H2,1H3/t22-/m1/s1. The first kappa shape index (κ1) is 20.9. The normalized spacial score (nSPS) is 17.5. The molecule has 3 heterocycles. The summed E-state index contributed by atoms with van der Waals surface area (Å²) in [6.07, 6.45) is 0. The molecule has 0 radical (unpaired) electrons. The van der Waals surface area contributed by atoms with E-state index in [9.17, 15) is 0 Å². The van der Waals surface area contributed by atoms with Crippen molar-refractivity contribution < 1.29 is 14.2 Å². The summed E-state index contributed by atoms with van der Waals surface area (Å²) in [5.41, 5.74) is 2.44. The maximum absolute atomic E-state index is 5.53. The molecule has 1 atom stereocenters. The van der Waals surface area contributed by atoms with Crippen LogP contribution >= 0.6 is 0 Å². The van der Waals surface area contributed by atoms with E-state index in [-0.39, 0.29) is 6.04 Å². The van der Waals surface area contributed by atoms with Crippen LogP contribution < -0.4 is 9.47 Å². The Morgan fingerprint density at radius 1 is 1.00 bits per heavy atom. The van der Waals surface area contributed by atoms with Crippen LogP contribution in [0.2, 0.25) is 0 Å². The van der Waals surface area contributed by atoms with Gasteiger partial charge in [0, 0.05) is 39.8 Å². The summed E-state index contributed by atoms with van der Waals surface area (Å²) < 4.78 is 18.1. The summed E-state index contributed by atoms with van der Waals surface area (Å²) >= 11 is 0. The van der Waals surface area contributed by atoms with Crippen molar-refractivity contribution >= 4 is 0 Å². The van der Waals surface area contributed by atoms with Gasteiger partial charge in [0.25, 0.3) is 0 Å². The molecule has 0 bridgehead atoms. The van der Waals surface area contributed by atoms with Crippen molar-refractivity contribution in [3.63, 3.8) is 0 Å². The molecule has 0 aliphatic carbocycles. The predicted molar refractivity (Wildman–Crippen MR) is 117 cm³/mol. The van der Waals surface area contributed by atoms with Crippen molar-refractivity contribution in [3.05, 3.63) is 65.5 Å². The number of tetrazole rings is 1. The van der Waals surface area contributed by atoms with Crippen LogP contribution in [0.4, 0.5) is 0 Å². The van der Waals surface area contributed by atoms with E-state index in [0.717, 1.165) is 50.0 Å². The molecular formula is C23H28N6O3. The summed E-state index contributed by atoms with van der Waals surface area (Å²) in [6.45, 7) is 6.21. The molecule has 1 fully saturated rings. The van der Waals surface area contributed by atoms with Gasteiger partial charge in [0.1, 0.15) is 0 Å². The third-order valence-electron chi connectivity index (χ3n) is 6.04. The first-order valence-corrected chi connectivity index (χ1v) is 11.0. The lowest BCUT2D eigenvalue weighted by molar-refractivity contribution is 0.0988. The van der Waals surface area contributed by atoms with Gasteiger partial charge in [-0.05, 0) is 33.7 Å². The van der Waals surface area contributed by atoms with Gasteiger partial charge in [-0.25, -0.2) is 4.68 Å². The van der Waals surface area contributed by atoms with E-state index in [0.29, 0.717) is 19.9 Å². The van der Waals surface area contributed by atoms with E-state index >= 15 is 0 Å². The average Bonchev–Trinajstić information content (AvgIpc) is 3.49. The molecule has 9 heteroatoms. The van der Waals surface area contributed by atoms with Gasteiger partial charge < -0.3 is 14.2 Å². The number of hydrogen-bond acceptors (Lipinski definition) is 8. The molecule has 168 valence electrons. The molecule has 0 spiro atoms. The Bertz CT molecular complexity index is 1020. The lowest BCUT2D eigenvalue weighted by atomic mass is 10.0. The number of rotatable bonds is 8. The van der Waals surface area contributed by atoms with Crippen LogP contribution in [0, 0.1) is 0 Å². The number of fused-ring (bicyclic) bond motifs is 1. The molecule has 0 amide bonds. The summed E-state index contributed by atoms with van der Waals surface area (Å²) in [5, 5.41) is 12.6. The van der Waals surface area contributed by atoms with Crippen LogP contribution in [0.25, 0.3) is 0 Å². The van der Waals surface area contributed by atoms with Crippen LogP contribution in [-0.2, 0) is 17.8 Å². The van der Waals surface area contributed by atoms with Crippen molar-refractivity contribution in [1.29, 1.82) is 0 Å². The Morgan fingerprint density at radius 3 is 2.62 bits per heavy atom. The second-order valence-corrected chi connectivity index (χ2v) is 8.07. The molecule has 1 saturated heterocycles. The second kappa shape index (κ2) is 9.64. The number of aromatic nitrogens is 4. The lowest BCUT2D eigenvalue weighted by Crippen LogP contribution is -2.48. The van der Waals surface area contributed by atoms with Gasteiger partial charge in [-0.3, -0.25) is 9.80 Å². The number of nitrogens with zero attached hydrogens (tertiary/aromatic N) is 6. The Kier molecular flexibility index (Phi) is 6.29. The highest BCUT2D eigenvalue weighted by molar-refractivity contribution is 5.44. The maximum atomic E-state index is 5.53. The van der Waals surface area contributed by atoms with Gasteiger partial charge in [0.05, 0.1) is 19.2 Å². The van der Waals surface area contributed by atoms with Gasteiger partial charge in [-0.2, -0.15) is 0 Å². The molecule has 2 aliphatic rings. The van der Waals surface area contributed by atoms with Crippen molar-refractivity contribution in [2.24, 2.45) is 0 Å². The molecule has 0 unspecified atom stereocenters. The number of benzene rings is 2. The van der Waals surface area contributed by atoms with Crippen LogP contribution in [0.3, 0.4) is 0 Å². The van der Waals surface area contributed by atoms with E-state index in [1.54, 1.807) is 7.11 Å². The van der Waals surface area contributed by atoms with Gasteiger partial charge in [0.15, 0.2) is 17.3 Å². The first-order valence-electron chi connectivity index (χ1n) is 11.0. The zero-order valence-corrected chi connectivity index (χ0v) is 18.3. The molecule has 5 rings (SSSR count). The quantitative estimate of drug-likeness (QED) is 0.530. The molecule has 2 aromatic carbocycles. The van der Waals surface area contributed by atoms with E-state index < -0.39 is 0 Å². The Morgan fingerprint density at radius 2 is 1.81 bits per heavy atom. The summed E-state index contributed by atoms with van der Waals surface area (Å²) in [7, 11) is 1.69. The fourth-order valence-electron chi connectivity index (χ4n) is 4.38. The highest BCUT2D eigenvalue weighted by Crippen LogP contribution is 2.33. The van der Waals surface area contributed by atoms with Crippen molar-refractivity contribution in [1.82, 2.24) is 30.0 Å². The van der Waals surface area contributed by atoms with Gasteiger partial charge in [-0.1, -0.05) is 36.4 Å². The predicted octanol–water partition coefficient (Wildman–Crippen LogP) is 1.96. The van der Waals surface area contributed by atoms with E-state index in [1.807, 2.05) is 16.8 Å². The van der Waals surface area contributed by atoms with Gasteiger partial charge >= 0.3 is 0 Å². The fraction of sp³-hybridized carbons (Fsp3) is 0.435. The molecular weight excluding hydrogens is 408 g/mol. The zero-order chi connectivity index (χ0) is 21.8. The van der Waals surface area contributed by atoms with Crippen molar-refractivity contribution in [3.8, 4) is 11.5 Å². The minimum atomic E-state index is 0.00995. The fourth-order valence-corrected chi connectivity index (χ4v) is 4.38. The molecule has 1 aromatic heterocycles. The summed E-state index contributed by atoms with van der Waals surface area (Å²) in [4.78, 5) is 4.95. The summed E-state index contributed by atoms with van der Waals surface area (Å²) in [5.74, 6) is 2.53. The second-order valence-electron chi connectivity index (χ2n) is 8.07. The topological polar surface area (TPSA) is 77.8 Å². The highest BCUT2D eigenvalue weighted by atomic mass is 16.7. The largest absolute Gasteiger partial charge is 0.454 e. The van der Waals surface area contributed by atoms with Gasteiger partial charge in [-0.15, -0.1) is 5.10 Å². The zero-order valence-electron chi connectivity index (χ0n) is 18.3. The van der Waals surface area contributed by atoms with Crippen LogP contribution in [0.1, 0.15) is 23.0 Å². The van der Waals surface area contributed by atoms with Crippen molar-refractivity contribution in [2.75, 3.05) is 46.7 Å². The minimum Gasteiger partial charge on any atom is -0.454 e. The molecule has 32 heavy (non-hydrogen) atoms. The number of piperazine rings is 1. The maximum Gasteiger partial charge on any atom is 0.231 e. The monoisotopic (exact) mass is 436 g/mol. The number of methoxy groups -OCH3 is 1. The Labute approximate surface area is 187 Å². The number of ether oxygens (including phenoxy) is 3. The average molecular weight is 437 g/mol. The van der Waals surface area contributed by atoms with Crippen LogP contribution in [-0.4, -0.2) is 76.7 Å². The minimum absolute atomic E-state index is 0.00995. The summed E-state index contributed by atoms with van der Waals surface area (Å²) in [6, 6.07) is 16.7. The van der Waals surface area contributed by atoms with Gasteiger partial charge in [0.2, 0.25) is 6.79 Å². The molecule has 3 aromatic rings. The molecule has 9 nitrogen and oxygen atoms in total. The van der Waals surface area contributed by atoms with E-state index in [1.165, 1.54) is 11.1 Å². The van der Waals surface area contributed by atoms with E-state index in [2.05, 4.69) is 61.7 Å². The van der Waals surface area contributed by atoms with Crippen molar-refractivity contribution in [2.45, 2.75) is 19.1 Å². The molecule has 0 saturated carbocycles. The number of hydrogen-bond donors (Lipinski definition) is 0. The Hall–Kier alpha value is -3.01. The van der Waals surface area contributed by atoms with E-state index in [4.69, 9.17) is 14.2 Å². The lowest BCUT2D eigenvalue weighted by Gasteiger charge is -2.39. The third kappa shape index (κ3) is 4.45. The molecule has 0 N–H and O–H groups in total. The SMILES string of the molecule is COCCn1nnnc1[C@@H](c1ccccc1)N1CCN(Cc2ccc3c(c2)OCO3)CC1. The Balaban J connectivity index is 1.29. The third-order valence-corrected chi connectivity index (χ3v) is 6.04. The highest BCUT2D eigenvalue weighted by Gasteiger charge is 2.30. The smallest absolute Gasteiger partial charge is 0.231 e. The molecule has 2 aliphatic heterocycles.